The Morgan fingerprint density at radius 2 is 2.00 bits per heavy atom. The summed E-state index contributed by atoms with van der Waals surface area (Å²) >= 11 is 0. The van der Waals surface area contributed by atoms with Gasteiger partial charge in [0, 0.05) is 31.7 Å². The summed E-state index contributed by atoms with van der Waals surface area (Å²) in [5.41, 5.74) is 1.57. The van der Waals surface area contributed by atoms with E-state index in [0.29, 0.717) is 11.3 Å². The third-order valence-corrected chi connectivity index (χ3v) is 3.88. The minimum Gasteiger partial charge on any atom is -0.368 e. The van der Waals surface area contributed by atoms with Crippen LogP contribution in [0.5, 0.6) is 0 Å². The highest BCUT2D eigenvalue weighted by Gasteiger charge is 2.19. The van der Waals surface area contributed by atoms with Crippen LogP contribution in [-0.4, -0.2) is 37.7 Å². The number of fused-ring (bicyclic) bond motifs is 1. The van der Waals surface area contributed by atoms with Gasteiger partial charge in [0.2, 0.25) is 0 Å². The first-order valence-electron chi connectivity index (χ1n) is 7.14. The van der Waals surface area contributed by atoms with E-state index in [0.717, 1.165) is 37.3 Å². The van der Waals surface area contributed by atoms with Crippen LogP contribution in [0, 0.1) is 0 Å². The highest BCUT2D eigenvalue weighted by atomic mass is 16.2. The van der Waals surface area contributed by atoms with E-state index in [2.05, 4.69) is 25.0 Å². The normalized spacial score (nSPS) is 14.8. The maximum absolute atomic E-state index is 12.0. The Labute approximate surface area is 124 Å². The molecule has 0 atom stereocenters. The molecule has 0 unspecified atom stereocenters. The molecule has 1 aliphatic heterocycles. The maximum Gasteiger partial charge on any atom is 0.325 e. The smallest absolute Gasteiger partial charge is 0.325 e. The van der Waals surface area contributed by atoms with E-state index in [1.165, 1.54) is 6.20 Å². The third-order valence-electron chi connectivity index (χ3n) is 3.88. The van der Waals surface area contributed by atoms with Crippen molar-refractivity contribution in [2.45, 2.75) is 12.8 Å². The molecule has 0 radical (unpaired) electrons. The number of nitrogens with one attached hydrogen (secondary N) is 2. The molecule has 1 fully saturated rings. The van der Waals surface area contributed by atoms with Crippen molar-refractivity contribution in [1.29, 1.82) is 0 Å². The fourth-order valence-corrected chi connectivity index (χ4v) is 2.82. The first-order chi connectivity index (χ1) is 10.7. The van der Waals surface area contributed by atoms with Crippen molar-refractivity contribution in [3.8, 4) is 11.3 Å². The van der Waals surface area contributed by atoms with Crippen molar-refractivity contribution < 1.29 is 0 Å². The second-order valence-electron chi connectivity index (χ2n) is 5.29. The van der Waals surface area contributed by atoms with E-state index in [1.54, 1.807) is 16.9 Å². The van der Waals surface area contributed by atoms with Gasteiger partial charge in [0.25, 0.3) is 5.56 Å². The van der Waals surface area contributed by atoms with Crippen LogP contribution in [-0.2, 0) is 0 Å². The minimum absolute atomic E-state index is 0.329. The number of imidazole rings is 1. The molecule has 8 heteroatoms. The van der Waals surface area contributed by atoms with E-state index in [-0.39, 0.29) is 0 Å². The zero-order valence-corrected chi connectivity index (χ0v) is 11.7. The van der Waals surface area contributed by atoms with Crippen LogP contribution in [0.1, 0.15) is 12.8 Å². The summed E-state index contributed by atoms with van der Waals surface area (Å²) in [5, 5.41) is 4.41. The van der Waals surface area contributed by atoms with Crippen molar-refractivity contribution >= 4 is 11.3 Å². The van der Waals surface area contributed by atoms with Crippen LogP contribution < -0.4 is 16.1 Å². The molecule has 4 heterocycles. The lowest BCUT2D eigenvalue weighted by atomic mass is 10.2. The lowest BCUT2D eigenvalue weighted by molar-refractivity contribution is 0.905. The number of aromatic amines is 2. The van der Waals surface area contributed by atoms with Crippen LogP contribution in [0.15, 0.2) is 34.2 Å². The quantitative estimate of drug-likeness (QED) is 0.712. The number of hydrogen-bond acceptors (Lipinski definition) is 5. The summed E-state index contributed by atoms with van der Waals surface area (Å²) in [6.45, 7) is 1.93. The molecule has 0 spiro atoms. The molecule has 112 valence electrons. The fourth-order valence-electron chi connectivity index (χ4n) is 2.82. The molecule has 0 bridgehead atoms. The molecular weight excluding hydrogens is 284 g/mol. The van der Waals surface area contributed by atoms with E-state index >= 15 is 0 Å². The average Bonchev–Trinajstić information content (AvgIpc) is 3.17. The van der Waals surface area contributed by atoms with Gasteiger partial charge >= 0.3 is 5.69 Å². The van der Waals surface area contributed by atoms with Gasteiger partial charge in [-0.25, -0.2) is 14.3 Å². The van der Waals surface area contributed by atoms with Gasteiger partial charge in [-0.15, -0.1) is 0 Å². The van der Waals surface area contributed by atoms with E-state index in [1.807, 2.05) is 6.07 Å². The van der Waals surface area contributed by atoms with Gasteiger partial charge in [0.1, 0.15) is 5.69 Å². The van der Waals surface area contributed by atoms with Gasteiger partial charge in [-0.2, -0.15) is 5.10 Å². The van der Waals surface area contributed by atoms with Crippen molar-refractivity contribution in [1.82, 2.24) is 24.6 Å². The first kappa shape index (κ1) is 12.8. The van der Waals surface area contributed by atoms with E-state index in [9.17, 15) is 9.59 Å². The molecule has 1 aliphatic rings. The predicted molar refractivity (Wildman–Crippen MR) is 81.1 cm³/mol. The minimum atomic E-state index is -0.530. The van der Waals surface area contributed by atoms with E-state index < -0.39 is 11.2 Å². The molecule has 0 amide bonds. The molecule has 2 N–H and O–H groups in total. The molecule has 8 nitrogen and oxygen atoms in total. The van der Waals surface area contributed by atoms with Gasteiger partial charge in [-0.05, 0) is 18.9 Å². The molecular formula is C14H14N6O2. The maximum atomic E-state index is 12.0. The topological polar surface area (TPSA) is 99.2 Å². The van der Waals surface area contributed by atoms with Crippen LogP contribution in [0.2, 0.25) is 0 Å². The van der Waals surface area contributed by atoms with Gasteiger partial charge in [0.15, 0.2) is 5.65 Å². The van der Waals surface area contributed by atoms with Gasteiger partial charge in [0.05, 0.1) is 11.3 Å². The van der Waals surface area contributed by atoms with Gasteiger partial charge in [-0.1, -0.05) is 0 Å². The molecule has 3 aromatic heterocycles. The molecule has 4 rings (SSSR count). The molecule has 22 heavy (non-hydrogen) atoms. The SMILES string of the molecule is O=c1[nH]cc(-c2cc(N3CCCC3)c3nccn3n2)c(=O)[nH]1. The Morgan fingerprint density at radius 3 is 2.77 bits per heavy atom. The zero-order valence-electron chi connectivity index (χ0n) is 11.7. The second kappa shape index (κ2) is 4.83. The summed E-state index contributed by atoms with van der Waals surface area (Å²) in [7, 11) is 0. The molecule has 3 aromatic rings. The zero-order chi connectivity index (χ0) is 15.1. The monoisotopic (exact) mass is 298 g/mol. The van der Waals surface area contributed by atoms with Gasteiger partial charge in [-0.3, -0.25) is 9.78 Å². The molecule has 0 aliphatic carbocycles. The summed E-state index contributed by atoms with van der Waals surface area (Å²) in [6, 6.07) is 1.86. The molecule has 0 aromatic carbocycles. The Kier molecular flexibility index (Phi) is 2.81. The van der Waals surface area contributed by atoms with Crippen LogP contribution in [0.25, 0.3) is 16.9 Å². The number of aromatic nitrogens is 5. The van der Waals surface area contributed by atoms with Crippen molar-refractivity contribution in [3.05, 3.63) is 45.5 Å². The van der Waals surface area contributed by atoms with Crippen LogP contribution in [0.4, 0.5) is 5.69 Å². The van der Waals surface area contributed by atoms with Crippen LogP contribution >= 0.6 is 0 Å². The number of nitrogens with zero attached hydrogens (tertiary/aromatic N) is 4. The highest BCUT2D eigenvalue weighted by Crippen LogP contribution is 2.27. The highest BCUT2D eigenvalue weighted by molar-refractivity contribution is 5.74. The van der Waals surface area contributed by atoms with E-state index in [4.69, 9.17) is 0 Å². The second-order valence-corrected chi connectivity index (χ2v) is 5.29. The first-order valence-corrected chi connectivity index (χ1v) is 7.14. The summed E-state index contributed by atoms with van der Waals surface area (Å²) in [4.78, 5) is 34.5. The summed E-state index contributed by atoms with van der Waals surface area (Å²) in [5.74, 6) is 0. The lowest BCUT2D eigenvalue weighted by Gasteiger charge is -2.18. The fraction of sp³-hybridized carbons (Fsp3) is 0.286. The molecule has 1 saturated heterocycles. The standard InChI is InChI=1S/C14H14N6O2/c21-13-9(8-16-14(22)17-13)10-7-11(19-4-1-2-5-19)12-15-3-6-20(12)18-10/h3,6-8H,1-2,4-5H2,(H2,16,17,21,22). The van der Waals surface area contributed by atoms with Crippen molar-refractivity contribution in [2.24, 2.45) is 0 Å². The number of anilines is 1. The number of hydrogen-bond donors (Lipinski definition) is 2. The Hall–Kier alpha value is -2.90. The largest absolute Gasteiger partial charge is 0.368 e. The van der Waals surface area contributed by atoms with Gasteiger partial charge < -0.3 is 9.88 Å². The van der Waals surface area contributed by atoms with Crippen molar-refractivity contribution in [3.63, 3.8) is 0 Å². The Morgan fingerprint density at radius 1 is 1.18 bits per heavy atom. The molecule has 0 saturated carbocycles. The average molecular weight is 298 g/mol. The Balaban J connectivity index is 1.94. The number of rotatable bonds is 2. The number of H-pyrrole nitrogens is 2. The lowest BCUT2D eigenvalue weighted by Crippen LogP contribution is -2.23. The predicted octanol–water partition coefficient (Wildman–Crippen LogP) is 0.373. The Bertz CT molecular complexity index is 948. The summed E-state index contributed by atoms with van der Waals surface area (Å²) in [6.07, 6.45) is 7.11. The summed E-state index contributed by atoms with van der Waals surface area (Å²) < 4.78 is 1.66. The van der Waals surface area contributed by atoms with Crippen molar-refractivity contribution in [2.75, 3.05) is 18.0 Å². The van der Waals surface area contributed by atoms with Crippen LogP contribution in [0.3, 0.4) is 0 Å². The third kappa shape index (κ3) is 2.00.